The molecular formula is C16H21NO2. The Morgan fingerprint density at radius 3 is 2.63 bits per heavy atom. The molecule has 2 aliphatic carbocycles. The molecular weight excluding hydrogens is 238 g/mol. The first-order valence-electron chi connectivity index (χ1n) is 7.16. The number of amides is 1. The van der Waals surface area contributed by atoms with E-state index in [0.29, 0.717) is 12.0 Å². The summed E-state index contributed by atoms with van der Waals surface area (Å²) >= 11 is 0. The molecule has 4 unspecified atom stereocenters. The number of benzene rings is 1. The highest BCUT2D eigenvalue weighted by Gasteiger charge is 2.40. The van der Waals surface area contributed by atoms with Crippen molar-refractivity contribution in [1.82, 2.24) is 5.32 Å². The molecule has 2 aliphatic rings. The van der Waals surface area contributed by atoms with Gasteiger partial charge in [0.25, 0.3) is 5.91 Å². The van der Waals surface area contributed by atoms with Crippen molar-refractivity contribution in [3.63, 3.8) is 0 Å². The van der Waals surface area contributed by atoms with Crippen LogP contribution in [0.1, 0.15) is 37.4 Å². The zero-order chi connectivity index (χ0) is 13.2. The number of hydrogen-bond donors (Lipinski definition) is 1. The molecule has 0 aromatic heterocycles. The standard InChI is InChI=1S/C16H21NO2/c1-19-15(12-5-3-2-4-6-12)16(18)17-14-10-11-7-8-13(14)9-11/h2-6,11,13-15H,7-10H2,1H3,(H,17,18). The average molecular weight is 259 g/mol. The molecule has 19 heavy (non-hydrogen) atoms. The van der Waals surface area contributed by atoms with Gasteiger partial charge in [0.1, 0.15) is 0 Å². The molecule has 3 heteroatoms. The fourth-order valence-corrected chi connectivity index (χ4v) is 3.70. The van der Waals surface area contributed by atoms with Crippen LogP contribution in [0.5, 0.6) is 0 Å². The number of ether oxygens (including phenoxy) is 1. The lowest BCUT2D eigenvalue weighted by molar-refractivity contribution is -0.132. The van der Waals surface area contributed by atoms with E-state index in [4.69, 9.17) is 4.74 Å². The molecule has 102 valence electrons. The topological polar surface area (TPSA) is 38.3 Å². The molecule has 1 amide bonds. The largest absolute Gasteiger partial charge is 0.367 e. The van der Waals surface area contributed by atoms with E-state index in [0.717, 1.165) is 17.9 Å². The monoisotopic (exact) mass is 259 g/mol. The Hall–Kier alpha value is -1.35. The van der Waals surface area contributed by atoms with Crippen LogP contribution in [0.3, 0.4) is 0 Å². The quantitative estimate of drug-likeness (QED) is 0.902. The summed E-state index contributed by atoms with van der Waals surface area (Å²) in [6.45, 7) is 0. The minimum atomic E-state index is -0.486. The Balaban J connectivity index is 1.65. The summed E-state index contributed by atoms with van der Waals surface area (Å²) in [6.07, 6.45) is 4.60. The lowest BCUT2D eigenvalue weighted by Gasteiger charge is -2.25. The van der Waals surface area contributed by atoms with E-state index < -0.39 is 6.10 Å². The molecule has 2 bridgehead atoms. The maximum Gasteiger partial charge on any atom is 0.253 e. The molecule has 4 atom stereocenters. The summed E-state index contributed by atoms with van der Waals surface area (Å²) in [4.78, 5) is 12.4. The van der Waals surface area contributed by atoms with Crippen LogP contribution >= 0.6 is 0 Å². The first kappa shape index (κ1) is 12.7. The summed E-state index contributed by atoms with van der Waals surface area (Å²) < 4.78 is 5.38. The minimum absolute atomic E-state index is 0.00579. The highest BCUT2D eigenvalue weighted by molar-refractivity contribution is 5.82. The van der Waals surface area contributed by atoms with Gasteiger partial charge in [-0.05, 0) is 36.7 Å². The Morgan fingerprint density at radius 1 is 1.26 bits per heavy atom. The first-order chi connectivity index (χ1) is 9.28. The average Bonchev–Trinajstić information content (AvgIpc) is 3.03. The Morgan fingerprint density at radius 2 is 2.05 bits per heavy atom. The van der Waals surface area contributed by atoms with E-state index in [1.807, 2.05) is 30.3 Å². The molecule has 2 fully saturated rings. The Bertz CT molecular complexity index is 445. The number of hydrogen-bond acceptors (Lipinski definition) is 2. The third-order valence-corrected chi connectivity index (χ3v) is 4.64. The van der Waals surface area contributed by atoms with Crippen molar-refractivity contribution in [1.29, 1.82) is 0 Å². The van der Waals surface area contributed by atoms with Gasteiger partial charge in [-0.3, -0.25) is 4.79 Å². The molecule has 1 aromatic carbocycles. The van der Waals surface area contributed by atoms with Crippen LogP contribution in [-0.4, -0.2) is 19.1 Å². The van der Waals surface area contributed by atoms with Crippen molar-refractivity contribution < 1.29 is 9.53 Å². The van der Waals surface area contributed by atoms with Crippen molar-refractivity contribution >= 4 is 5.91 Å². The minimum Gasteiger partial charge on any atom is -0.367 e. The highest BCUT2D eigenvalue weighted by atomic mass is 16.5. The van der Waals surface area contributed by atoms with Gasteiger partial charge in [0.2, 0.25) is 0 Å². The summed E-state index contributed by atoms with van der Waals surface area (Å²) in [7, 11) is 1.60. The molecule has 1 N–H and O–H groups in total. The van der Waals surface area contributed by atoms with E-state index in [1.54, 1.807) is 7.11 Å². The SMILES string of the molecule is COC(C(=O)NC1CC2CCC1C2)c1ccccc1. The summed E-state index contributed by atoms with van der Waals surface area (Å²) in [5.74, 6) is 1.54. The maximum atomic E-state index is 12.4. The van der Waals surface area contributed by atoms with Crippen molar-refractivity contribution in [2.45, 2.75) is 37.8 Å². The smallest absolute Gasteiger partial charge is 0.253 e. The number of methoxy groups -OCH3 is 1. The van der Waals surface area contributed by atoms with Crippen LogP contribution in [0.25, 0.3) is 0 Å². The van der Waals surface area contributed by atoms with Crippen LogP contribution in [0.15, 0.2) is 30.3 Å². The van der Waals surface area contributed by atoms with Crippen LogP contribution in [0, 0.1) is 11.8 Å². The third-order valence-electron chi connectivity index (χ3n) is 4.64. The van der Waals surface area contributed by atoms with Gasteiger partial charge in [0.05, 0.1) is 0 Å². The van der Waals surface area contributed by atoms with E-state index in [2.05, 4.69) is 5.32 Å². The van der Waals surface area contributed by atoms with Gasteiger partial charge in [0, 0.05) is 13.2 Å². The van der Waals surface area contributed by atoms with Gasteiger partial charge in [-0.25, -0.2) is 0 Å². The fraction of sp³-hybridized carbons (Fsp3) is 0.562. The van der Waals surface area contributed by atoms with Crippen LogP contribution in [-0.2, 0) is 9.53 Å². The number of carbonyl (C=O) groups is 1. The van der Waals surface area contributed by atoms with Gasteiger partial charge < -0.3 is 10.1 Å². The summed E-state index contributed by atoms with van der Waals surface area (Å²) in [5.41, 5.74) is 0.922. The number of fused-ring (bicyclic) bond motifs is 2. The van der Waals surface area contributed by atoms with Crippen molar-refractivity contribution in [3.8, 4) is 0 Å². The third kappa shape index (κ3) is 2.52. The van der Waals surface area contributed by atoms with Gasteiger partial charge in [-0.2, -0.15) is 0 Å². The lowest BCUT2D eigenvalue weighted by Crippen LogP contribution is -2.41. The summed E-state index contributed by atoms with van der Waals surface area (Å²) in [6, 6.07) is 10.1. The zero-order valence-electron chi connectivity index (χ0n) is 11.3. The molecule has 0 aliphatic heterocycles. The van der Waals surface area contributed by atoms with Crippen LogP contribution in [0.4, 0.5) is 0 Å². The second-order valence-corrected chi connectivity index (χ2v) is 5.82. The number of nitrogens with one attached hydrogen (secondary N) is 1. The number of carbonyl (C=O) groups excluding carboxylic acids is 1. The van der Waals surface area contributed by atoms with Crippen LogP contribution < -0.4 is 5.32 Å². The van der Waals surface area contributed by atoms with Crippen molar-refractivity contribution in [2.24, 2.45) is 11.8 Å². The van der Waals surface area contributed by atoms with Crippen molar-refractivity contribution in [3.05, 3.63) is 35.9 Å². The maximum absolute atomic E-state index is 12.4. The van der Waals surface area contributed by atoms with Gasteiger partial charge in [0.15, 0.2) is 6.10 Å². The Labute approximate surface area is 114 Å². The molecule has 0 saturated heterocycles. The second-order valence-electron chi connectivity index (χ2n) is 5.82. The molecule has 1 aromatic rings. The molecule has 3 rings (SSSR count). The molecule has 3 nitrogen and oxygen atoms in total. The van der Waals surface area contributed by atoms with Gasteiger partial charge in [-0.1, -0.05) is 36.8 Å². The van der Waals surface area contributed by atoms with E-state index in [9.17, 15) is 4.79 Å². The lowest BCUT2D eigenvalue weighted by atomic mass is 9.95. The molecule has 0 spiro atoms. The van der Waals surface area contributed by atoms with Crippen LogP contribution in [0.2, 0.25) is 0 Å². The summed E-state index contributed by atoms with van der Waals surface area (Å²) in [5, 5.41) is 3.20. The first-order valence-corrected chi connectivity index (χ1v) is 7.16. The second kappa shape index (κ2) is 5.33. The van der Waals surface area contributed by atoms with E-state index >= 15 is 0 Å². The predicted octanol–water partition coefficient (Wildman–Crippen LogP) is 2.68. The zero-order valence-corrected chi connectivity index (χ0v) is 11.3. The molecule has 0 heterocycles. The normalized spacial score (nSPS) is 30.3. The fourth-order valence-electron chi connectivity index (χ4n) is 3.70. The highest BCUT2D eigenvalue weighted by Crippen LogP contribution is 2.44. The molecule has 0 radical (unpaired) electrons. The molecule has 2 saturated carbocycles. The van der Waals surface area contributed by atoms with Gasteiger partial charge in [-0.15, -0.1) is 0 Å². The van der Waals surface area contributed by atoms with Gasteiger partial charge >= 0.3 is 0 Å². The van der Waals surface area contributed by atoms with E-state index in [-0.39, 0.29) is 5.91 Å². The number of rotatable bonds is 4. The van der Waals surface area contributed by atoms with E-state index in [1.165, 1.54) is 19.3 Å². The van der Waals surface area contributed by atoms with Crippen molar-refractivity contribution in [2.75, 3.05) is 7.11 Å². The predicted molar refractivity (Wildman–Crippen MR) is 73.6 cm³/mol. The Kier molecular flexibility index (Phi) is 3.56.